The number of halogens is 1. The number of H-pyrrole nitrogens is 1. The molecule has 2 unspecified atom stereocenters. The second kappa shape index (κ2) is 6.44. The van der Waals surface area contributed by atoms with E-state index in [-0.39, 0.29) is 12.4 Å². The van der Waals surface area contributed by atoms with Gasteiger partial charge in [-0.1, -0.05) is 0 Å². The van der Waals surface area contributed by atoms with Gasteiger partial charge in [-0.2, -0.15) is 10.1 Å². The highest BCUT2D eigenvalue weighted by atomic mass is 35.5. The Morgan fingerprint density at radius 2 is 2.20 bits per heavy atom. The van der Waals surface area contributed by atoms with Crippen molar-refractivity contribution in [1.29, 1.82) is 0 Å². The van der Waals surface area contributed by atoms with Crippen molar-refractivity contribution in [2.45, 2.75) is 44.3 Å². The Hall–Kier alpha value is -1.90. The fourth-order valence-electron chi connectivity index (χ4n) is 3.77. The van der Waals surface area contributed by atoms with Crippen molar-refractivity contribution in [3.63, 3.8) is 0 Å². The lowest BCUT2D eigenvalue weighted by Gasteiger charge is -2.21. The third-order valence-electron chi connectivity index (χ3n) is 4.87. The number of nitrogens with zero attached hydrogens (tertiary/aromatic N) is 3. The minimum atomic E-state index is 0. The Balaban J connectivity index is 0.00000157. The van der Waals surface area contributed by atoms with Gasteiger partial charge >= 0.3 is 0 Å². The van der Waals surface area contributed by atoms with Crippen molar-refractivity contribution >= 4 is 51.5 Å². The highest BCUT2D eigenvalue weighted by Crippen LogP contribution is 2.32. The van der Waals surface area contributed by atoms with Crippen molar-refractivity contribution in [1.82, 2.24) is 25.5 Å². The van der Waals surface area contributed by atoms with E-state index in [4.69, 9.17) is 4.98 Å². The third kappa shape index (κ3) is 3.05. The summed E-state index contributed by atoms with van der Waals surface area (Å²) in [5.74, 6) is 2.27. The number of hydrogen-bond acceptors (Lipinski definition) is 7. The first-order chi connectivity index (χ1) is 11.7. The summed E-state index contributed by atoms with van der Waals surface area (Å²) < 4.78 is 1.05. The van der Waals surface area contributed by atoms with E-state index >= 15 is 0 Å². The van der Waals surface area contributed by atoms with E-state index < -0.39 is 0 Å². The number of hydrogen-bond donors (Lipinski definition) is 4. The molecular weight excluding hydrogens is 358 g/mol. The minimum absolute atomic E-state index is 0. The van der Waals surface area contributed by atoms with Gasteiger partial charge in [0.15, 0.2) is 11.6 Å². The molecule has 0 spiro atoms. The molecule has 0 aliphatic carbocycles. The topological polar surface area (TPSA) is 90.6 Å². The first kappa shape index (κ1) is 16.6. The highest BCUT2D eigenvalue weighted by molar-refractivity contribution is 7.17. The van der Waals surface area contributed by atoms with E-state index in [1.165, 1.54) is 12.8 Å². The van der Waals surface area contributed by atoms with Crippen LogP contribution in [0.15, 0.2) is 17.5 Å². The second-order valence-corrected chi connectivity index (χ2v) is 7.54. The number of rotatable bonds is 4. The van der Waals surface area contributed by atoms with Crippen molar-refractivity contribution in [2.75, 3.05) is 10.6 Å². The lowest BCUT2D eigenvalue weighted by molar-refractivity contribution is 0.525. The Bertz CT molecular complexity index is 892. The predicted molar refractivity (Wildman–Crippen MR) is 103 cm³/mol. The van der Waals surface area contributed by atoms with Gasteiger partial charge in [-0.15, -0.1) is 23.7 Å². The van der Waals surface area contributed by atoms with Gasteiger partial charge in [-0.05, 0) is 37.6 Å². The zero-order valence-electron chi connectivity index (χ0n) is 13.7. The van der Waals surface area contributed by atoms with Gasteiger partial charge in [0, 0.05) is 29.9 Å². The summed E-state index contributed by atoms with van der Waals surface area (Å²) in [6, 6.07) is 5.62. The molecule has 0 radical (unpaired) electrons. The van der Waals surface area contributed by atoms with Crippen LogP contribution in [0.1, 0.15) is 25.0 Å². The van der Waals surface area contributed by atoms with Crippen LogP contribution in [0.2, 0.25) is 0 Å². The van der Waals surface area contributed by atoms with E-state index in [1.807, 2.05) is 24.4 Å². The van der Waals surface area contributed by atoms with E-state index in [9.17, 15) is 0 Å². The number of aromatic amines is 1. The zero-order valence-corrected chi connectivity index (χ0v) is 15.4. The zero-order chi connectivity index (χ0) is 16.1. The number of aryl methyl sites for hydroxylation is 1. The van der Waals surface area contributed by atoms with E-state index in [0.29, 0.717) is 24.1 Å². The summed E-state index contributed by atoms with van der Waals surface area (Å²) in [6.07, 6.45) is 3.68. The van der Waals surface area contributed by atoms with Crippen molar-refractivity contribution < 1.29 is 0 Å². The summed E-state index contributed by atoms with van der Waals surface area (Å²) in [6.45, 7) is 1.98. The third-order valence-corrected chi connectivity index (χ3v) is 5.78. The van der Waals surface area contributed by atoms with Crippen LogP contribution in [0.5, 0.6) is 0 Å². The number of aromatic nitrogens is 4. The first-order valence-electron chi connectivity index (χ1n) is 8.31. The molecule has 5 heterocycles. The standard InChI is InChI=1S/C16H19N7S.ClH/c1-8-6-13(23-22-8)20-15-14-11(4-5-24-14)18-16(21-15)19-12-7-9-2-3-10(12)17-9;/h4-6,9-10,12,17H,2-3,7H2,1H3,(H3,18,19,20,21,22,23);1H/t9?,10?,12-;/m0./s1. The molecular formula is C16H20ClN7S. The Morgan fingerprint density at radius 3 is 2.92 bits per heavy atom. The molecule has 9 heteroatoms. The molecule has 2 aliphatic heterocycles. The van der Waals surface area contributed by atoms with Crippen LogP contribution < -0.4 is 16.0 Å². The van der Waals surface area contributed by atoms with Crippen molar-refractivity contribution in [3.8, 4) is 0 Å². The van der Waals surface area contributed by atoms with Crippen LogP contribution in [0.3, 0.4) is 0 Å². The van der Waals surface area contributed by atoms with Gasteiger partial charge in [0.1, 0.15) is 0 Å². The summed E-state index contributed by atoms with van der Waals surface area (Å²) >= 11 is 1.64. The molecule has 132 valence electrons. The van der Waals surface area contributed by atoms with Gasteiger partial charge in [0.25, 0.3) is 0 Å². The maximum Gasteiger partial charge on any atom is 0.225 e. The highest BCUT2D eigenvalue weighted by Gasteiger charge is 2.39. The molecule has 7 nitrogen and oxygen atoms in total. The Kier molecular flexibility index (Phi) is 4.26. The van der Waals surface area contributed by atoms with Gasteiger partial charge in [0.05, 0.1) is 10.2 Å². The number of fused-ring (bicyclic) bond motifs is 3. The summed E-state index contributed by atoms with van der Waals surface area (Å²) in [5.41, 5.74) is 1.98. The molecule has 4 N–H and O–H groups in total. The van der Waals surface area contributed by atoms with Crippen LogP contribution in [0.25, 0.3) is 10.2 Å². The van der Waals surface area contributed by atoms with Crippen LogP contribution in [0, 0.1) is 6.92 Å². The predicted octanol–water partition coefficient (Wildman–Crippen LogP) is 3.19. The number of nitrogens with one attached hydrogen (secondary N) is 4. The number of thiophene rings is 1. The van der Waals surface area contributed by atoms with Gasteiger partial charge in [0.2, 0.25) is 5.95 Å². The molecule has 0 aromatic carbocycles. The molecule has 0 saturated carbocycles. The van der Waals surface area contributed by atoms with Gasteiger partial charge < -0.3 is 16.0 Å². The Morgan fingerprint density at radius 1 is 1.28 bits per heavy atom. The second-order valence-electron chi connectivity index (χ2n) is 6.63. The molecule has 3 aromatic rings. The fourth-order valence-corrected chi connectivity index (χ4v) is 4.54. The largest absolute Gasteiger partial charge is 0.350 e. The number of anilines is 3. The smallest absolute Gasteiger partial charge is 0.225 e. The molecule has 2 bridgehead atoms. The molecule has 0 amide bonds. The van der Waals surface area contributed by atoms with Crippen molar-refractivity contribution in [3.05, 3.63) is 23.2 Å². The fraction of sp³-hybridized carbons (Fsp3) is 0.438. The molecule has 2 saturated heterocycles. The average Bonchev–Trinajstić information content (AvgIpc) is 3.31. The summed E-state index contributed by atoms with van der Waals surface area (Å²) in [4.78, 5) is 9.40. The first-order valence-corrected chi connectivity index (χ1v) is 9.19. The van der Waals surface area contributed by atoms with E-state index in [1.54, 1.807) is 11.3 Å². The summed E-state index contributed by atoms with van der Waals surface area (Å²) in [7, 11) is 0. The minimum Gasteiger partial charge on any atom is -0.350 e. The lowest BCUT2D eigenvalue weighted by atomic mass is 9.96. The van der Waals surface area contributed by atoms with E-state index in [0.717, 1.165) is 34.0 Å². The molecule has 5 rings (SSSR count). The van der Waals surface area contributed by atoms with Crippen LogP contribution in [-0.2, 0) is 0 Å². The lowest BCUT2D eigenvalue weighted by Crippen LogP contribution is -2.34. The quantitative estimate of drug-likeness (QED) is 0.558. The van der Waals surface area contributed by atoms with Crippen molar-refractivity contribution in [2.24, 2.45) is 0 Å². The SMILES string of the molecule is Cc1cc(Nc2nc(N[C@H]3CC4CCC3N4)nc3ccsc23)n[nH]1.Cl. The molecule has 2 fully saturated rings. The van der Waals surface area contributed by atoms with Crippen LogP contribution >= 0.6 is 23.7 Å². The summed E-state index contributed by atoms with van der Waals surface area (Å²) in [5, 5.41) is 19.7. The average molecular weight is 378 g/mol. The monoisotopic (exact) mass is 377 g/mol. The van der Waals surface area contributed by atoms with Crippen LogP contribution in [-0.4, -0.2) is 38.3 Å². The normalized spacial score (nSPS) is 24.4. The van der Waals surface area contributed by atoms with Gasteiger partial charge in [-0.3, -0.25) is 5.10 Å². The molecule has 25 heavy (non-hydrogen) atoms. The van der Waals surface area contributed by atoms with Crippen LogP contribution in [0.4, 0.5) is 17.6 Å². The maximum absolute atomic E-state index is 4.72. The molecule has 3 atom stereocenters. The molecule has 3 aromatic heterocycles. The van der Waals surface area contributed by atoms with E-state index in [2.05, 4.69) is 31.1 Å². The Labute approximate surface area is 155 Å². The van der Waals surface area contributed by atoms with Gasteiger partial charge in [-0.25, -0.2) is 4.98 Å². The molecule has 2 aliphatic rings. The maximum atomic E-state index is 4.72.